The second-order valence-corrected chi connectivity index (χ2v) is 7.60. The standard InChI is InChI=1S/C20H26N4O.ClH/c1-13-10-18(23-24(13)17-8-3-2-4-9-17)20(25)22-19-14-6-5-7-15(19)12-16(21)11-14;/h2-4,8-10,14-16,19H,5-7,11-12,21H2,1H3,(H,22,25);1H. The Morgan fingerprint density at radius 2 is 1.85 bits per heavy atom. The number of aryl methyl sites for hydroxylation is 1. The summed E-state index contributed by atoms with van der Waals surface area (Å²) in [4.78, 5) is 12.8. The Kier molecular flexibility index (Phi) is 5.68. The van der Waals surface area contributed by atoms with Crippen molar-refractivity contribution < 1.29 is 4.79 Å². The van der Waals surface area contributed by atoms with Crippen LogP contribution < -0.4 is 11.1 Å². The van der Waals surface area contributed by atoms with E-state index in [-0.39, 0.29) is 24.4 Å². The summed E-state index contributed by atoms with van der Waals surface area (Å²) < 4.78 is 1.83. The first kappa shape index (κ1) is 18.9. The lowest BCUT2D eigenvalue weighted by atomic mass is 9.67. The molecule has 0 radical (unpaired) electrons. The molecule has 3 N–H and O–H groups in total. The van der Waals surface area contributed by atoms with Crippen molar-refractivity contribution in [1.82, 2.24) is 15.1 Å². The number of aromatic nitrogens is 2. The molecule has 0 spiro atoms. The number of hydrogen-bond acceptors (Lipinski definition) is 3. The zero-order valence-electron chi connectivity index (χ0n) is 15.1. The summed E-state index contributed by atoms with van der Waals surface area (Å²) in [5.41, 5.74) is 8.62. The maximum atomic E-state index is 12.8. The largest absolute Gasteiger partial charge is 0.347 e. The molecule has 0 aliphatic heterocycles. The van der Waals surface area contributed by atoms with Crippen molar-refractivity contribution in [2.45, 2.75) is 51.1 Å². The SMILES string of the molecule is Cc1cc(C(=O)NC2C3CCCC2CC(N)C3)nn1-c1ccccc1.Cl. The molecule has 2 bridgehead atoms. The fourth-order valence-corrected chi connectivity index (χ4v) is 4.67. The van der Waals surface area contributed by atoms with Gasteiger partial charge in [0.15, 0.2) is 5.69 Å². The molecule has 1 aromatic carbocycles. The number of nitrogens with zero attached hydrogens (tertiary/aromatic N) is 2. The van der Waals surface area contributed by atoms with Gasteiger partial charge in [-0.05, 0) is 62.6 Å². The molecule has 2 atom stereocenters. The lowest BCUT2D eigenvalue weighted by molar-refractivity contribution is 0.0751. The van der Waals surface area contributed by atoms with Crippen LogP contribution in [-0.4, -0.2) is 27.8 Å². The highest BCUT2D eigenvalue weighted by Crippen LogP contribution is 2.39. The van der Waals surface area contributed by atoms with Gasteiger partial charge in [0.05, 0.1) is 5.69 Å². The molecule has 2 saturated carbocycles. The molecular weight excluding hydrogens is 348 g/mol. The van der Waals surface area contributed by atoms with Crippen molar-refractivity contribution in [2.75, 3.05) is 0 Å². The summed E-state index contributed by atoms with van der Waals surface area (Å²) in [6, 6.07) is 12.3. The minimum absolute atomic E-state index is 0. The smallest absolute Gasteiger partial charge is 0.272 e. The maximum Gasteiger partial charge on any atom is 0.272 e. The molecule has 0 saturated heterocycles. The fourth-order valence-electron chi connectivity index (χ4n) is 4.67. The first-order chi connectivity index (χ1) is 12.1. The van der Waals surface area contributed by atoms with E-state index in [1.54, 1.807) is 0 Å². The van der Waals surface area contributed by atoms with Crippen molar-refractivity contribution in [3.8, 4) is 5.69 Å². The predicted octanol–water partition coefficient (Wildman–Crippen LogP) is 3.24. The van der Waals surface area contributed by atoms with Gasteiger partial charge in [0, 0.05) is 17.8 Å². The van der Waals surface area contributed by atoms with Crippen molar-refractivity contribution in [2.24, 2.45) is 17.6 Å². The molecule has 4 rings (SSSR count). The zero-order chi connectivity index (χ0) is 17.4. The number of nitrogens with one attached hydrogen (secondary N) is 1. The number of benzene rings is 1. The van der Waals surface area contributed by atoms with Gasteiger partial charge in [-0.3, -0.25) is 4.79 Å². The molecule has 26 heavy (non-hydrogen) atoms. The van der Waals surface area contributed by atoms with E-state index in [2.05, 4.69) is 10.4 Å². The van der Waals surface area contributed by atoms with Crippen LogP contribution in [0, 0.1) is 18.8 Å². The third kappa shape index (κ3) is 3.64. The summed E-state index contributed by atoms with van der Waals surface area (Å²) in [6.07, 6.45) is 5.66. The minimum Gasteiger partial charge on any atom is -0.347 e. The van der Waals surface area contributed by atoms with Gasteiger partial charge < -0.3 is 11.1 Å². The lowest BCUT2D eigenvalue weighted by Gasteiger charge is -2.45. The second kappa shape index (κ2) is 7.80. The Morgan fingerprint density at radius 3 is 2.50 bits per heavy atom. The van der Waals surface area contributed by atoms with Gasteiger partial charge in [-0.2, -0.15) is 5.10 Å². The Hall–Kier alpha value is -1.85. The Morgan fingerprint density at radius 1 is 1.19 bits per heavy atom. The van der Waals surface area contributed by atoms with E-state index >= 15 is 0 Å². The van der Waals surface area contributed by atoms with E-state index in [1.807, 2.05) is 48.0 Å². The Bertz CT molecular complexity index is 746. The molecule has 2 aliphatic rings. The number of para-hydroxylation sites is 1. The van der Waals surface area contributed by atoms with Gasteiger partial charge in [0.1, 0.15) is 0 Å². The van der Waals surface area contributed by atoms with Gasteiger partial charge in [-0.15, -0.1) is 12.4 Å². The Balaban J connectivity index is 0.00000196. The molecule has 5 nitrogen and oxygen atoms in total. The van der Waals surface area contributed by atoms with Crippen LogP contribution in [0.25, 0.3) is 5.69 Å². The van der Waals surface area contributed by atoms with E-state index in [9.17, 15) is 4.79 Å². The number of carbonyl (C=O) groups is 1. The van der Waals surface area contributed by atoms with E-state index in [0.717, 1.165) is 24.2 Å². The normalized spacial score (nSPS) is 27.5. The van der Waals surface area contributed by atoms with Gasteiger partial charge >= 0.3 is 0 Å². The topological polar surface area (TPSA) is 72.9 Å². The molecule has 2 aromatic rings. The molecule has 140 valence electrons. The summed E-state index contributed by atoms with van der Waals surface area (Å²) in [5, 5.41) is 7.81. The second-order valence-electron chi connectivity index (χ2n) is 7.60. The predicted molar refractivity (Wildman–Crippen MR) is 105 cm³/mol. The molecule has 1 heterocycles. The number of hydrogen-bond donors (Lipinski definition) is 2. The number of rotatable bonds is 3. The van der Waals surface area contributed by atoms with Crippen LogP contribution in [0.1, 0.15) is 48.3 Å². The molecule has 1 aromatic heterocycles. The number of nitrogens with two attached hydrogens (primary N) is 1. The van der Waals surface area contributed by atoms with E-state index < -0.39 is 0 Å². The quantitative estimate of drug-likeness (QED) is 0.866. The minimum atomic E-state index is -0.0600. The highest BCUT2D eigenvalue weighted by atomic mass is 35.5. The third-order valence-electron chi connectivity index (χ3n) is 5.80. The van der Waals surface area contributed by atoms with Crippen molar-refractivity contribution in [3.63, 3.8) is 0 Å². The van der Waals surface area contributed by atoms with Gasteiger partial charge in [0.25, 0.3) is 5.91 Å². The van der Waals surface area contributed by atoms with Gasteiger partial charge in [-0.1, -0.05) is 24.6 Å². The van der Waals surface area contributed by atoms with Crippen molar-refractivity contribution in [1.29, 1.82) is 0 Å². The van der Waals surface area contributed by atoms with Crippen LogP contribution in [0.5, 0.6) is 0 Å². The zero-order valence-corrected chi connectivity index (χ0v) is 15.9. The maximum absolute atomic E-state index is 12.8. The first-order valence-corrected chi connectivity index (χ1v) is 9.30. The molecule has 2 fully saturated rings. The van der Waals surface area contributed by atoms with Crippen LogP contribution in [0.3, 0.4) is 0 Å². The molecule has 2 unspecified atom stereocenters. The molecule has 1 amide bonds. The summed E-state index contributed by atoms with van der Waals surface area (Å²) in [5.74, 6) is 0.975. The van der Waals surface area contributed by atoms with E-state index in [4.69, 9.17) is 5.73 Å². The number of carbonyl (C=O) groups excluding carboxylic acids is 1. The van der Waals surface area contributed by atoms with Crippen molar-refractivity contribution in [3.05, 3.63) is 47.8 Å². The van der Waals surface area contributed by atoms with Crippen LogP contribution in [0.2, 0.25) is 0 Å². The number of halogens is 1. The summed E-state index contributed by atoms with van der Waals surface area (Å²) >= 11 is 0. The fraction of sp³-hybridized carbons (Fsp3) is 0.500. The highest BCUT2D eigenvalue weighted by molar-refractivity contribution is 5.92. The van der Waals surface area contributed by atoms with Crippen LogP contribution in [0.4, 0.5) is 0 Å². The monoisotopic (exact) mass is 374 g/mol. The average molecular weight is 375 g/mol. The molecule has 2 aliphatic carbocycles. The van der Waals surface area contributed by atoms with E-state index in [0.29, 0.717) is 23.6 Å². The van der Waals surface area contributed by atoms with Crippen LogP contribution >= 0.6 is 12.4 Å². The summed E-state index contributed by atoms with van der Waals surface area (Å²) in [6.45, 7) is 1.98. The van der Waals surface area contributed by atoms with Crippen LogP contribution in [0.15, 0.2) is 36.4 Å². The molecular formula is C20H27ClN4O. The number of fused-ring (bicyclic) bond motifs is 2. The van der Waals surface area contributed by atoms with Crippen molar-refractivity contribution >= 4 is 18.3 Å². The van der Waals surface area contributed by atoms with E-state index in [1.165, 1.54) is 19.3 Å². The Labute approximate surface area is 160 Å². The number of amides is 1. The third-order valence-corrected chi connectivity index (χ3v) is 5.80. The van der Waals surface area contributed by atoms with Crippen LogP contribution in [-0.2, 0) is 0 Å². The summed E-state index contributed by atoms with van der Waals surface area (Å²) in [7, 11) is 0. The molecule has 6 heteroatoms. The highest BCUT2D eigenvalue weighted by Gasteiger charge is 2.40. The van der Waals surface area contributed by atoms with Gasteiger partial charge in [0.2, 0.25) is 0 Å². The van der Waals surface area contributed by atoms with Gasteiger partial charge in [-0.25, -0.2) is 4.68 Å². The first-order valence-electron chi connectivity index (χ1n) is 9.30. The average Bonchev–Trinajstić information content (AvgIpc) is 2.98. The lowest BCUT2D eigenvalue weighted by Crippen LogP contribution is -2.53.